The van der Waals surface area contributed by atoms with Crippen LogP contribution in [0.1, 0.15) is 35.4 Å². The lowest BCUT2D eigenvalue weighted by molar-refractivity contribution is 0.0682. The van der Waals surface area contributed by atoms with Crippen molar-refractivity contribution in [3.8, 4) is 11.5 Å². The zero-order valence-electron chi connectivity index (χ0n) is 13.5. The van der Waals surface area contributed by atoms with E-state index in [1.165, 1.54) is 7.11 Å². The van der Waals surface area contributed by atoms with Gasteiger partial charge < -0.3 is 20.1 Å². The van der Waals surface area contributed by atoms with Gasteiger partial charge in [-0.05, 0) is 30.7 Å². The number of hydrogen-bond donors (Lipinski definition) is 2. The summed E-state index contributed by atoms with van der Waals surface area (Å²) < 4.78 is 5.91. The number of phenolic OH excluding ortho intramolecular Hbond substituents is 1. The molecule has 24 heavy (non-hydrogen) atoms. The Kier molecular flexibility index (Phi) is 4.66. The number of benzene rings is 2. The molecule has 6 heteroatoms. The number of ether oxygens (including phenoxy) is 1. The number of para-hydroxylation sites is 1. The number of nitrogens with zero attached hydrogens (tertiary/aromatic N) is 1. The number of amides is 1. The first-order valence-corrected chi connectivity index (χ1v) is 8.59. The predicted octanol–water partition coefficient (Wildman–Crippen LogP) is 4.14. The van der Waals surface area contributed by atoms with Gasteiger partial charge in [0.25, 0.3) is 5.91 Å². The Bertz CT molecular complexity index is 779. The van der Waals surface area contributed by atoms with Crippen molar-refractivity contribution in [2.24, 2.45) is 0 Å². The van der Waals surface area contributed by atoms with Crippen LogP contribution in [0.5, 0.6) is 11.5 Å². The molecule has 3 rings (SSSR count). The highest BCUT2D eigenvalue weighted by molar-refractivity contribution is 9.10. The van der Waals surface area contributed by atoms with Gasteiger partial charge in [0.2, 0.25) is 0 Å². The van der Waals surface area contributed by atoms with E-state index >= 15 is 0 Å². The van der Waals surface area contributed by atoms with E-state index in [1.807, 2.05) is 31.2 Å². The molecule has 0 bridgehead atoms. The number of aromatic hydroxyl groups is 1. The lowest BCUT2D eigenvalue weighted by Gasteiger charge is -2.38. The van der Waals surface area contributed by atoms with Gasteiger partial charge in [-0.25, -0.2) is 0 Å². The molecule has 0 fully saturated rings. The summed E-state index contributed by atoms with van der Waals surface area (Å²) >= 11 is 3.53. The van der Waals surface area contributed by atoms with Crippen molar-refractivity contribution in [2.45, 2.75) is 19.5 Å². The van der Waals surface area contributed by atoms with Crippen molar-refractivity contribution in [2.75, 3.05) is 19.0 Å². The monoisotopic (exact) mass is 390 g/mol. The molecule has 0 unspecified atom stereocenters. The van der Waals surface area contributed by atoms with E-state index in [0.717, 1.165) is 22.1 Å². The molecule has 1 aliphatic rings. The SMILES string of the molecule is CCCN1C(=O)c2ccccc2N[C@H]1c1cc(O)c(OC)cc1Br. The summed E-state index contributed by atoms with van der Waals surface area (Å²) in [5.74, 6) is 0.411. The fourth-order valence-electron chi connectivity index (χ4n) is 2.94. The molecular weight excluding hydrogens is 372 g/mol. The second kappa shape index (κ2) is 6.73. The van der Waals surface area contributed by atoms with E-state index in [9.17, 15) is 9.90 Å². The summed E-state index contributed by atoms with van der Waals surface area (Å²) in [7, 11) is 1.50. The highest BCUT2D eigenvalue weighted by atomic mass is 79.9. The van der Waals surface area contributed by atoms with E-state index in [1.54, 1.807) is 17.0 Å². The fourth-order valence-corrected chi connectivity index (χ4v) is 3.48. The fraction of sp³-hybridized carbons (Fsp3) is 0.278. The third-order valence-corrected chi connectivity index (χ3v) is 4.77. The number of nitrogens with one attached hydrogen (secondary N) is 1. The molecule has 1 atom stereocenters. The van der Waals surface area contributed by atoms with E-state index < -0.39 is 0 Å². The molecule has 2 aromatic rings. The summed E-state index contributed by atoms with van der Waals surface area (Å²) in [6, 6.07) is 10.8. The Morgan fingerprint density at radius 3 is 2.79 bits per heavy atom. The standard InChI is InChI=1S/C18H19BrN2O3/c1-3-8-21-17(12-9-15(22)16(24-2)10-13(12)19)20-14-7-5-4-6-11(14)18(21)23/h4-7,9-10,17,20,22H,3,8H2,1-2H3/t17-/m1/s1. The number of methoxy groups -OCH3 is 1. The maximum absolute atomic E-state index is 12.9. The van der Waals surface area contributed by atoms with Crippen LogP contribution in [0.15, 0.2) is 40.9 Å². The zero-order chi connectivity index (χ0) is 17.3. The number of fused-ring (bicyclic) bond motifs is 1. The highest BCUT2D eigenvalue weighted by Crippen LogP contribution is 2.40. The van der Waals surface area contributed by atoms with Crippen molar-refractivity contribution in [1.29, 1.82) is 0 Å². The van der Waals surface area contributed by atoms with Gasteiger partial charge in [0.15, 0.2) is 11.5 Å². The van der Waals surface area contributed by atoms with Crippen molar-refractivity contribution in [3.05, 3.63) is 52.0 Å². The molecule has 1 heterocycles. The Morgan fingerprint density at radius 1 is 1.33 bits per heavy atom. The first-order chi connectivity index (χ1) is 11.6. The number of phenols is 1. The third-order valence-electron chi connectivity index (χ3n) is 4.08. The zero-order valence-corrected chi connectivity index (χ0v) is 15.1. The Morgan fingerprint density at radius 2 is 2.08 bits per heavy atom. The van der Waals surface area contributed by atoms with Crippen molar-refractivity contribution >= 4 is 27.5 Å². The second-order valence-electron chi connectivity index (χ2n) is 5.64. The van der Waals surface area contributed by atoms with Gasteiger partial charge in [-0.3, -0.25) is 4.79 Å². The van der Waals surface area contributed by atoms with Crippen LogP contribution in [-0.4, -0.2) is 29.6 Å². The van der Waals surface area contributed by atoms with E-state index in [-0.39, 0.29) is 17.8 Å². The summed E-state index contributed by atoms with van der Waals surface area (Å²) in [6.45, 7) is 2.65. The minimum absolute atomic E-state index is 0.0154. The molecule has 0 saturated heterocycles. The molecule has 0 radical (unpaired) electrons. The summed E-state index contributed by atoms with van der Waals surface area (Å²) in [6.07, 6.45) is 0.477. The number of hydrogen-bond acceptors (Lipinski definition) is 4. The molecule has 126 valence electrons. The predicted molar refractivity (Wildman–Crippen MR) is 96.5 cm³/mol. The van der Waals surface area contributed by atoms with Crippen LogP contribution in [0.2, 0.25) is 0 Å². The van der Waals surface area contributed by atoms with Crippen LogP contribution < -0.4 is 10.1 Å². The van der Waals surface area contributed by atoms with Crippen molar-refractivity contribution < 1.29 is 14.6 Å². The molecule has 1 amide bonds. The topological polar surface area (TPSA) is 61.8 Å². The van der Waals surface area contributed by atoms with E-state index in [4.69, 9.17) is 4.74 Å². The summed E-state index contributed by atoms with van der Waals surface area (Å²) in [5, 5.41) is 13.6. The Labute approximate surface area is 149 Å². The average Bonchev–Trinajstić information content (AvgIpc) is 2.59. The minimum Gasteiger partial charge on any atom is -0.504 e. The van der Waals surface area contributed by atoms with Gasteiger partial charge in [0.1, 0.15) is 6.17 Å². The number of carbonyl (C=O) groups excluding carboxylic acids is 1. The van der Waals surface area contributed by atoms with Gasteiger partial charge in [-0.1, -0.05) is 35.0 Å². The van der Waals surface area contributed by atoms with E-state index in [0.29, 0.717) is 17.9 Å². The molecule has 0 aromatic heterocycles. The largest absolute Gasteiger partial charge is 0.504 e. The summed E-state index contributed by atoms with van der Waals surface area (Å²) in [5.41, 5.74) is 2.24. The first-order valence-electron chi connectivity index (χ1n) is 7.79. The maximum Gasteiger partial charge on any atom is 0.257 e. The van der Waals surface area contributed by atoms with Gasteiger partial charge in [-0.15, -0.1) is 0 Å². The molecule has 0 spiro atoms. The molecule has 1 aliphatic heterocycles. The normalized spacial score (nSPS) is 16.5. The number of anilines is 1. The van der Waals surface area contributed by atoms with Crippen LogP contribution in [0.25, 0.3) is 0 Å². The summed E-state index contributed by atoms with van der Waals surface area (Å²) in [4.78, 5) is 14.7. The van der Waals surface area contributed by atoms with Crippen LogP contribution in [0.3, 0.4) is 0 Å². The number of carbonyl (C=O) groups is 1. The van der Waals surface area contributed by atoms with E-state index in [2.05, 4.69) is 21.2 Å². The Balaban J connectivity index is 2.09. The van der Waals surface area contributed by atoms with Crippen LogP contribution in [0.4, 0.5) is 5.69 Å². The molecule has 0 saturated carbocycles. The van der Waals surface area contributed by atoms with Crippen LogP contribution >= 0.6 is 15.9 Å². The van der Waals surface area contributed by atoms with Gasteiger partial charge in [-0.2, -0.15) is 0 Å². The smallest absolute Gasteiger partial charge is 0.257 e. The third kappa shape index (κ3) is 2.82. The number of rotatable bonds is 4. The maximum atomic E-state index is 12.9. The van der Waals surface area contributed by atoms with Gasteiger partial charge >= 0.3 is 0 Å². The highest BCUT2D eigenvalue weighted by Gasteiger charge is 2.33. The average molecular weight is 391 g/mol. The van der Waals surface area contributed by atoms with Crippen molar-refractivity contribution in [1.82, 2.24) is 4.90 Å². The van der Waals surface area contributed by atoms with Crippen LogP contribution in [-0.2, 0) is 0 Å². The second-order valence-corrected chi connectivity index (χ2v) is 6.49. The molecule has 0 aliphatic carbocycles. The number of halogens is 1. The molecule has 2 aromatic carbocycles. The quantitative estimate of drug-likeness (QED) is 0.823. The lowest BCUT2D eigenvalue weighted by Crippen LogP contribution is -2.43. The molecular formula is C18H19BrN2O3. The first kappa shape index (κ1) is 16.6. The van der Waals surface area contributed by atoms with Gasteiger partial charge in [0, 0.05) is 22.3 Å². The van der Waals surface area contributed by atoms with Crippen LogP contribution in [0, 0.1) is 0 Å². The minimum atomic E-state index is -0.362. The van der Waals surface area contributed by atoms with Crippen molar-refractivity contribution in [3.63, 3.8) is 0 Å². The van der Waals surface area contributed by atoms with Gasteiger partial charge in [0.05, 0.1) is 12.7 Å². The lowest BCUT2D eigenvalue weighted by atomic mass is 10.0. The Hall–Kier alpha value is -2.21. The molecule has 5 nitrogen and oxygen atoms in total. The molecule has 2 N–H and O–H groups in total.